The summed E-state index contributed by atoms with van der Waals surface area (Å²) in [5.41, 5.74) is 1.88. The molecule has 2 heterocycles. The number of rotatable bonds is 6. The van der Waals surface area contributed by atoms with E-state index in [-0.39, 0.29) is 11.5 Å². The van der Waals surface area contributed by atoms with Gasteiger partial charge in [0.05, 0.1) is 6.26 Å². The van der Waals surface area contributed by atoms with Crippen molar-refractivity contribution in [2.45, 2.75) is 6.92 Å². The molecule has 0 fully saturated rings. The van der Waals surface area contributed by atoms with Crippen LogP contribution in [-0.2, 0) is 4.79 Å². The third kappa shape index (κ3) is 4.07. The van der Waals surface area contributed by atoms with E-state index in [1.165, 1.54) is 17.9 Å². The summed E-state index contributed by atoms with van der Waals surface area (Å²) in [6, 6.07) is 19.4. The first kappa shape index (κ1) is 19.0. The Balaban J connectivity index is 1.74. The molecule has 4 aromatic rings. The van der Waals surface area contributed by atoms with Gasteiger partial charge in [0.25, 0.3) is 5.91 Å². The van der Waals surface area contributed by atoms with E-state index in [4.69, 9.17) is 4.42 Å². The lowest BCUT2D eigenvalue weighted by atomic mass is 10.1. The van der Waals surface area contributed by atoms with Crippen molar-refractivity contribution in [2.24, 2.45) is 0 Å². The maximum absolute atomic E-state index is 13.2. The smallest absolute Gasteiger partial charge is 0.274 e. The third-order valence-corrected chi connectivity index (χ3v) is 4.31. The second-order valence-corrected chi connectivity index (χ2v) is 6.42. The minimum atomic E-state index is -0.461. The van der Waals surface area contributed by atoms with Gasteiger partial charge in [-0.05, 0) is 41.6 Å². The topological polar surface area (TPSA) is 103 Å². The maximum atomic E-state index is 13.2. The number of nitrogens with one attached hydrogen (secondary N) is 1. The highest BCUT2D eigenvalue weighted by Crippen LogP contribution is 2.22. The molecule has 0 saturated heterocycles. The molecule has 0 aliphatic rings. The second kappa shape index (κ2) is 8.36. The molecular formula is C22H17N5O3. The summed E-state index contributed by atoms with van der Waals surface area (Å²) in [4.78, 5) is 24.8. The molecule has 1 N–H and O–H groups in total. The third-order valence-electron chi connectivity index (χ3n) is 4.31. The highest BCUT2D eigenvalue weighted by Gasteiger charge is 2.20. The minimum Gasteiger partial charge on any atom is -0.465 e. The van der Waals surface area contributed by atoms with Crippen LogP contribution in [-0.4, -0.2) is 31.9 Å². The van der Waals surface area contributed by atoms with Crippen LogP contribution in [0.3, 0.4) is 0 Å². The number of tetrazole rings is 1. The molecule has 2 aromatic carbocycles. The number of carbonyl (C=O) groups excluding carboxylic acids is 2. The summed E-state index contributed by atoms with van der Waals surface area (Å²) < 4.78 is 6.72. The van der Waals surface area contributed by atoms with Crippen molar-refractivity contribution in [2.75, 3.05) is 5.32 Å². The Hall–Kier alpha value is -4.33. The molecule has 0 bridgehead atoms. The van der Waals surface area contributed by atoms with Crippen LogP contribution in [0.25, 0.3) is 23.2 Å². The average molecular weight is 399 g/mol. The average Bonchev–Trinajstić information content (AvgIpc) is 3.45. The van der Waals surface area contributed by atoms with Gasteiger partial charge in [0.2, 0.25) is 0 Å². The van der Waals surface area contributed by atoms with Crippen LogP contribution >= 0.6 is 0 Å². The zero-order chi connectivity index (χ0) is 20.9. The van der Waals surface area contributed by atoms with E-state index in [0.29, 0.717) is 22.8 Å². The SMILES string of the molecule is CC(=O)c1cccc(NC(=O)/C(=C\c2ccco2)n2nnnc2-c2ccccc2)c1. The fourth-order valence-corrected chi connectivity index (χ4v) is 2.86. The summed E-state index contributed by atoms with van der Waals surface area (Å²) in [5, 5.41) is 14.6. The molecule has 4 rings (SSSR count). The van der Waals surface area contributed by atoms with Gasteiger partial charge < -0.3 is 9.73 Å². The fraction of sp³-hybridized carbons (Fsp3) is 0.0455. The molecule has 0 aliphatic heterocycles. The number of benzene rings is 2. The molecule has 8 heteroatoms. The number of amides is 1. The quantitative estimate of drug-likeness (QED) is 0.391. The van der Waals surface area contributed by atoms with Crippen molar-refractivity contribution in [3.63, 3.8) is 0 Å². The van der Waals surface area contributed by atoms with Crippen molar-refractivity contribution >= 4 is 29.2 Å². The van der Waals surface area contributed by atoms with Gasteiger partial charge in [-0.2, -0.15) is 4.68 Å². The van der Waals surface area contributed by atoms with Gasteiger partial charge in [-0.25, -0.2) is 0 Å². The Labute approximate surface area is 171 Å². The summed E-state index contributed by atoms with van der Waals surface area (Å²) in [5.74, 6) is 0.314. The van der Waals surface area contributed by atoms with E-state index in [1.54, 1.807) is 42.5 Å². The number of anilines is 1. The zero-order valence-corrected chi connectivity index (χ0v) is 16.0. The molecule has 0 aliphatic carbocycles. The summed E-state index contributed by atoms with van der Waals surface area (Å²) in [7, 11) is 0. The number of Topliss-reactive ketones (excluding diaryl/α,β-unsaturated/α-hetero) is 1. The van der Waals surface area contributed by atoms with Crippen LogP contribution in [0, 0.1) is 0 Å². The molecule has 30 heavy (non-hydrogen) atoms. The van der Waals surface area contributed by atoms with E-state index in [2.05, 4.69) is 20.8 Å². The summed E-state index contributed by atoms with van der Waals surface area (Å²) >= 11 is 0. The molecule has 1 amide bonds. The second-order valence-electron chi connectivity index (χ2n) is 6.42. The van der Waals surface area contributed by atoms with Crippen LogP contribution in [0.5, 0.6) is 0 Å². The zero-order valence-electron chi connectivity index (χ0n) is 16.0. The van der Waals surface area contributed by atoms with Crippen molar-refractivity contribution in [3.8, 4) is 11.4 Å². The predicted molar refractivity (Wildman–Crippen MR) is 111 cm³/mol. The van der Waals surface area contributed by atoms with Gasteiger partial charge in [-0.3, -0.25) is 9.59 Å². The molecule has 0 radical (unpaired) electrons. The van der Waals surface area contributed by atoms with Gasteiger partial charge in [-0.1, -0.05) is 42.5 Å². The van der Waals surface area contributed by atoms with Crippen LogP contribution in [0.1, 0.15) is 23.0 Å². The van der Waals surface area contributed by atoms with E-state index in [1.807, 2.05) is 30.3 Å². The lowest BCUT2D eigenvalue weighted by Gasteiger charge is -2.11. The molecule has 2 aromatic heterocycles. The lowest BCUT2D eigenvalue weighted by Crippen LogP contribution is -2.19. The first-order valence-electron chi connectivity index (χ1n) is 9.13. The molecule has 0 saturated carbocycles. The number of hydrogen-bond donors (Lipinski definition) is 1. The Morgan fingerprint density at radius 3 is 2.60 bits per heavy atom. The summed E-state index contributed by atoms with van der Waals surface area (Å²) in [6.45, 7) is 1.47. The minimum absolute atomic E-state index is 0.0932. The van der Waals surface area contributed by atoms with Crippen LogP contribution < -0.4 is 5.32 Å². The summed E-state index contributed by atoms with van der Waals surface area (Å²) in [6.07, 6.45) is 3.06. The Morgan fingerprint density at radius 1 is 1.03 bits per heavy atom. The van der Waals surface area contributed by atoms with E-state index < -0.39 is 5.91 Å². The van der Waals surface area contributed by atoms with Gasteiger partial charge in [-0.15, -0.1) is 5.10 Å². The number of nitrogens with zero attached hydrogens (tertiary/aromatic N) is 4. The van der Waals surface area contributed by atoms with E-state index >= 15 is 0 Å². The van der Waals surface area contributed by atoms with Crippen molar-refractivity contribution in [3.05, 3.63) is 84.3 Å². The molecular weight excluding hydrogens is 382 g/mol. The van der Waals surface area contributed by atoms with Crippen molar-refractivity contribution < 1.29 is 14.0 Å². The monoisotopic (exact) mass is 399 g/mol. The predicted octanol–water partition coefficient (Wildman–Crippen LogP) is 3.77. The Morgan fingerprint density at radius 2 is 1.87 bits per heavy atom. The standard InChI is InChI=1S/C22H17N5O3/c1-15(28)17-9-5-10-18(13-17)23-22(29)20(14-19-11-6-12-30-19)27-21(24-25-26-27)16-7-3-2-4-8-16/h2-14H,1H3,(H,23,29)/b20-14+. The molecule has 8 nitrogen and oxygen atoms in total. The number of aromatic nitrogens is 4. The van der Waals surface area contributed by atoms with Crippen LogP contribution in [0.15, 0.2) is 77.4 Å². The van der Waals surface area contributed by atoms with Crippen molar-refractivity contribution in [1.82, 2.24) is 20.2 Å². The number of furan rings is 1. The van der Waals surface area contributed by atoms with Gasteiger partial charge >= 0.3 is 0 Å². The maximum Gasteiger partial charge on any atom is 0.274 e. The van der Waals surface area contributed by atoms with Gasteiger partial charge in [0, 0.05) is 22.9 Å². The van der Waals surface area contributed by atoms with E-state index in [9.17, 15) is 9.59 Å². The molecule has 0 unspecified atom stereocenters. The van der Waals surface area contributed by atoms with Crippen LogP contribution in [0.2, 0.25) is 0 Å². The lowest BCUT2D eigenvalue weighted by molar-refractivity contribution is -0.111. The molecule has 0 spiro atoms. The van der Waals surface area contributed by atoms with Gasteiger partial charge in [0.15, 0.2) is 11.6 Å². The fourth-order valence-electron chi connectivity index (χ4n) is 2.86. The Bertz CT molecular complexity index is 1210. The molecule has 0 atom stereocenters. The molecule has 148 valence electrons. The number of carbonyl (C=O) groups is 2. The number of hydrogen-bond acceptors (Lipinski definition) is 6. The van der Waals surface area contributed by atoms with Crippen LogP contribution in [0.4, 0.5) is 5.69 Å². The highest BCUT2D eigenvalue weighted by molar-refractivity contribution is 6.24. The first-order chi connectivity index (χ1) is 14.6. The largest absolute Gasteiger partial charge is 0.465 e. The van der Waals surface area contributed by atoms with E-state index in [0.717, 1.165) is 5.56 Å². The Kier molecular flexibility index (Phi) is 5.29. The van der Waals surface area contributed by atoms with Gasteiger partial charge in [0.1, 0.15) is 11.5 Å². The number of ketones is 1. The normalized spacial score (nSPS) is 11.3. The first-order valence-corrected chi connectivity index (χ1v) is 9.13. The highest BCUT2D eigenvalue weighted by atomic mass is 16.3. The van der Waals surface area contributed by atoms with Crippen molar-refractivity contribution in [1.29, 1.82) is 0 Å².